The Kier molecular flexibility index (Phi) is 5.60. The average molecular weight is 306 g/mol. The lowest BCUT2D eigenvalue weighted by Gasteiger charge is -2.17. The van der Waals surface area contributed by atoms with E-state index in [1.165, 1.54) is 4.90 Å². The molecule has 0 amide bonds. The zero-order chi connectivity index (χ0) is 15.3. The van der Waals surface area contributed by atoms with Gasteiger partial charge in [-0.1, -0.05) is 0 Å². The van der Waals surface area contributed by atoms with Gasteiger partial charge in [-0.2, -0.15) is 18.3 Å². The molecule has 120 valence electrons. The van der Waals surface area contributed by atoms with Gasteiger partial charge in [0.15, 0.2) is 0 Å². The lowest BCUT2D eigenvalue weighted by atomic mass is 10.1. The molecular weight excluding hydrogens is 285 g/mol. The predicted molar refractivity (Wildman–Crippen MR) is 71.6 cm³/mol. The number of nitrogens with zero attached hydrogens (tertiary/aromatic N) is 3. The zero-order valence-electron chi connectivity index (χ0n) is 11.8. The number of likely N-dealkylation sites (tertiary alicyclic amines) is 1. The van der Waals surface area contributed by atoms with Crippen molar-refractivity contribution >= 4 is 0 Å². The van der Waals surface area contributed by atoms with Crippen molar-refractivity contribution in [3.05, 3.63) is 18.0 Å². The van der Waals surface area contributed by atoms with Crippen LogP contribution in [0.3, 0.4) is 0 Å². The second-order valence-electron chi connectivity index (χ2n) is 5.47. The van der Waals surface area contributed by atoms with Crippen molar-refractivity contribution < 1.29 is 18.3 Å². The highest BCUT2D eigenvalue weighted by Gasteiger charge is 2.34. The maximum absolute atomic E-state index is 12.3. The third kappa shape index (κ3) is 5.64. The number of alkyl halides is 3. The van der Waals surface area contributed by atoms with E-state index < -0.39 is 12.7 Å². The maximum atomic E-state index is 12.3. The second kappa shape index (κ2) is 7.24. The summed E-state index contributed by atoms with van der Waals surface area (Å²) >= 11 is 0. The van der Waals surface area contributed by atoms with Crippen molar-refractivity contribution in [2.24, 2.45) is 5.92 Å². The minimum absolute atomic E-state index is 0.0473. The average Bonchev–Trinajstić information content (AvgIpc) is 2.98. The van der Waals surface area contributed by atoms with E-state index in [4.69, 9.17) is 5.11 Å². The molecule has 21 heavy (non-hydrogen) atoms. The Morgan fingerprint density at radius 1 is 1.43 bits per heavy atom. The van der Waals surface area contributed by atoms with Gasteiger partial charge in [-0.05, 0) is 25.4 Å². The third-order valence-corrected chi connectivity index (χ3v) is 3.55. The molecule has 0 spiro atoms. The molecular formula is C13H21F3N4O. The highest BCUT2D eigenvalue weighted by atomic mass is 19.4. The molecule has 1 fully saturated rings. The van der Waals surface area contributed by atoms with Crippen molar-refractivity contribution in [1.29, 1.82) is 0 Å². The summed E-state index contributed by atoms with van der Waals surface area (Å²) in [5, 5.41) is 16.1. The molecule has 1 aromatic rings. The van der Waals surface area contributed by atoms with Gasteiger partial charge in [0, 0.05) is 24.8 Å². The molecule has 0 radical (unpaired) electrons. The minimum atomic E-state index is -4.11. The van der Waals surface area contributed by atoms with Crippen LogP contribution in [-0.4, -0.2) is 58.7 Å². The Morgan fingerprint density at radius 3 is 2.95 bits per heavy atom. The normalized spacial score (nSPS) is 20.3. The van der Waals surface area contributed by atoms with Crippen molar-refractivity contribution in [2.75, 3.05) is 32.8 Å². The van der Waals surface area contributed by atoms with Gasteiger partial charge in [-0.15, -0.1) is 0 Å². The van der Waals surface area contributed by atoms with Crippen molar-refractivity contribution in [3.63, 3.8) is 0 Å². The Balaban J connectivity index is 1.65. The monoisotopic (exact) mass is 306 g/mol. The number of halogens is 3. The predicted octanol–water partition coefficient (Wildman–Crippen LogP) is 0.849. The van der Waals surface area contributed by atoms with Crippen molar-refractivity contribution in [3.8, 4) is 0 Å². The Bertz CT molecular complexity index is 435. The van der Waals surface area contributed by atoms with E-state index in [0.29, 0.717) is 32.7 Å². The first-order valence-electron chi connectivity index (χ1n) is 7.08. The van der Waals surface area contributed by atoms with E-state index in [0.717, 1.165) is 12.0 Å². The van der Waals surface area contributed by atoms with Crippen molar-refractivity contribution in [2.45, 2.75) is 25.7 Å². The molecule has 1 aliphatic rings. The van der Waals surface area contributed by atoms with Gasteiger partial charge in [0.2, 0.25) is 0 Å². The van der Waals surface area contributed by atoms with E-state index >= 15 is 0 Å². The molecule has 2 heterocycles. The van der Waals surface area contributed by atoms with Crippen LogP contribution in [0.1, 0.15) is 12.0 Å². The van der Waals surface area contributed by atoms with Crippen molar-refractivity contribution in [1.82, 2.24) is 20.0 Å². The minimum Gasteiger partial charge on any atom is -0.394 e. The third-order valence-electron chi connectivity index (χ3n) is 3.55. The van der Waals surface area contributed by atoms with Crippen LogP contribution in [0.4, 0.5) is 13.2 Å². The van der Waals surface area contributed by atoms with Gasteiger partial charge < -0.3 is 10.4 Å². The van der Waals surface area contributed by atoms with Gasteiger partial charge in [-0.3, -0.25) is 9.58 Å². The van der Waals surface area contributed by atoms with E-state index in [1.807, 2.05) is 6.20 Å². The van der Waals surface area contributed by atoms with Crippen LogP contribution in [0.2, 0.25) is 0 Å². The number of rotatable bonds is 7. The van der Waals surface area contributed by atoms with E-state index in [-0.39, 0.29) is 12.5 Å². The maximum Gasteiger partial charge on any atom is 0.401 e. The van der Waals surface area contributed by atoms with Crippen LogP contribution < -0.4 is 5.32 Å². The number of aliphatic hydroxyl groups excluding tert-OH is 1. The molecule has 1 unspecified atom stereocenters. The molecule has 5 nitrogen and oxygen atoms in total. The molecule has 0 aromatic carbocycles. The Hall–Kier alpha value is -1.12. The molecule has 0 aliphatic carbocycles. The highest BCUT2D eigenvalue weighted by molar-refractivity contribution is 5.03. The lowest BCUT2D eigenvalue weighted by molar-refractivity contribution is -0.143. The van der Waals surface area contributed by atoms with E-state index in [1.54, 1.807) is 10.9 Å². The first-order valence-corrected chi connectivity index (χ1v) is 7.08. The Morgan fingerprint density at radius 2 is 2.24 bits per heavy atom. The quantitative estimate of drug-likeness (QED) is 0.784. The summed E-state index contributed by atoms with van der Waals surface area (Å²) in [5.41, 5.74) is 1.01. The van der Waals surface area contributed by atoms with Crippen LogP contribution in [0, 0.1) is 5.92 Å². The topological polar surface area (TPSA) is 53.3 Å². The van der Waals surface area contributed by atoms with Gasteiger partial charge in [0.25, 0.3) is 0 Å². The zero-order valence-corrected chi connectivity index (χ0v) is 11.8. The SMILES string of the molecule is OCCn1cc(CNCC2CCN(CC(F)(F)F)C2)cn1. The molecule has 2 N–H and O–H groups in total. The largest absolute Gasteiger partial charge is 0.401 e. The summed E-state index contributed by atoms with van der Waals surface area (Å²) in [4.78, 5) is 1.46. The van der Waals surface area contributed by atoms with Gasteiger partial charge in [0.05, 0.1) is 25.9 Å². The van der Waals surface area contributed by atoms with Gasteiger partial charge in [0.1, 0.15) is 0 Å². The molecule has 2 rings (SSSR count). The Labute approximate surface area is 121 Å². The summed E-state index contributed by atoms with van der Waals surface area (Å²) in [6, 6.07) is 0. The molecule has 1 saturated heterocycles. The summed E-state index contributed by atoms with van der Waals surface area (Å²) in [7, 11) is 0. The molecule has 8 heteroatoms. The fourth-order valence-electron chi connectivity index (χ4n) is 2.62. The fraction of sp³-hybridized carbons (Fsp3) is 0.769. The van der Waals surface area contributed by atoms with Crippen LogP contribution in [-0.2, 0) is 13.1 Å². The van der Waals surface area contributed by atoms with Crippen LogP contribution in [0.15, 0.2) is 12.4 Å². The van der Waals surface area contributed by atoms with E-state index in [2.05, 4.69) is 10.4 Å². The van der Waals surface area contributed by atoms with Crippen LogP contribution in [0.5, 0.6) is 0 Å². The highest BCUT2D eigenvalue weighted by Crippen LogP contribution is 2.22. The van der Waals surface area contributed by atoms with Crippen LogP contribution in [0.25, 0.3) is 0 Å². The number of hydrogen-bond acceptors (Lipinski definition) is 4. The summed E-state index contributed by atoms with van der Waals surface area (Å²) in [6.45, 7) is 2.06. The molecule has 0 saturated carbocycles. The van der Waals surface area contributed by atoms with E-state index in [9.17, 15) is 13.2 Å². The number of aliphatic hydroxyl groups is 1. The summed E-state index contributed by atoms with van der Waals surface area (Å²) in [6.07, 6.45) is 0.275. The summed E-state index contributed by atoms with van der Waals surface area (Å²) < 4.78 is 38.5. The molecule has 1 aromatic heterocycles. The first kappa shape index (κ1) is 16.3. The number of aromatic nitrogens is 2. The van der Waals surface area contributed by atoms with Gasteiger partial charge in [-0.25, -0.2) is 0 Å². The van der Waals surface area contributed by atoms with Crippen LogP contribution >= 0.6 is 0 Å². The lowest BCUT2D eigenvalue weighted by Crippen LogP contribution is -2.33. The fourth-order valence-corrected chi connectivity index (χ4v) is 2.62. The first-order chi connectivity index (χ1) is 9.96. The van der Waals surface area contributed by atoms with Gasteiger partial charge >= 0.3 is 6.18 Å². The summed E-state index contributed by atoms with van der Waals surface area (Å²) in [5.74, 6) is 0.264. The molecule has 1 aliphatic heterocycles. The number of hydrogen-bond donors (Lipinski definition) is 2. The molecule has 1 atom stereocenters. The second-order valence-corrected chi connectivity index (χ2v) is 5.47. The molecule has 0 bridgehead atoms. The smallest absolute Gasteiger partial charge is 0.394 e. The number of nitrogens with one attached hydrogen (secondary N) is 1. The standard InChI is InChI=1S/C13H21F3N4O/c14-13(15,16)10-19-2-1-11(8-19)5-17-6-12-7-18-20(9-12)3-4-21/h7,9,11,17,21H,1-6,8,10H2.